The molecule has 8 aliphatic rings. The number of nitrogens with two attached hydrogens (primary N) is 4. The maximum atomic E-state index is 13.4. The van der Waals surface area contributed by atoms with E-state index in [4.69, 9.17) is 82.0 Å². The van der Waals surface area contributed by atoms with Crippen molar-refractivity contribution in [1.82, 2.24) is 110 Å². The van der Waals surface area contributed by atoms with Crippen LogP contribution in [0.4, 0.5) is 40.5 Å². The Morgan fingerprint density at radius 2 is 0.798 bits per heavy atom. The first-order valence-corrected chi connectivity index (χ1v) is 35.5. The van der Waals surface area contributed by atoms with Crippen LogP contribution in [-0.2, 0) is 28.5 Å². The Kier molecular flexibility index (Phi) is 20.5. The molecule has 0 unspecified atom stereocenters. The second-order valence-electron chi connectivity index (χ2n) is 28.3. The van der Waals surface area contributed by atoms with Gasteiger partial charge < -0.3 is 77.0 Å². The number of hydrogen-bond acceptors (Lipinski definition) is 30. The molecule has 104 heavy (non-hydrogen) atoms. The van der Waals surface area contributed by atoms with Gasteiger partial charge in [0, 0.05) is 119 Å². The number of morpholine rings is 3. The van der Waals surface area contributed by atoms with Gasteiger partial charge in [0.05, 0.1) is 115 Å². The third-order valence-corrected chi connectivity index (χ3v) is 20.0. The summed E-state index contributed by atoms with van der Waals surface area (Å²) in [4.78, 5) is 103. The van der Waals surface area contributed by atoms with E-state index in [1.807, 2.05) is 25.4 Å². The fourth-order valence-corrected chi connectivity index (χ4v) is 14.0. The molecule has 9 aromatic rings. The van der Waals surface area contributed by atoms with E-state index in [-0.39, 0.29) is 54.2 Å². The number of carbonyl (C=O) groups excluding carboxylic acids is 3. The van der Waals surface area contributed by atoms with Crippen LogP contribution in [0.2, 0.25) is 0 Å². The first-order valence-electron chi connectivity index (χ1n) is 35.5. The Morgan fingerprint density at radius 3 is 1.12 bits per heavy atom. The Labute approximate surface area is 604 Å². The van der Waals surface area contributed by atoms with Crippen molar-refractivity contribution < 1.29 is 33.3 Å². The van der Waals surface area contributed by atoms with E-state index in [1.54, 1.807) is 70.3 Å². The molecule has 3 amide bonds. The lowest BCUT2D eigenvalue weighted by Gasteiger charge is -2.35. The van der Waals surface area contributed by atoms with Gasteiger partial charge in [-0.15, -0.1) is 12.4 Å². The summed E-state index contributed by atoms with van der Waals surface area (Å²) in [7, 11) is 0. The number of hydrogen-bond donors (Lipinski definition) is 6. The summed E-state index contributed by atoms with van der Waals surface area (Å²) in [6, 6.07) is 0.521. The van der Waals surface area contributed by atoms with Gasteiger partial charge in [0.1, 0.15) is 11.1 Å². The molecular weight excluding hydrogens is 1360 g/mol. The predicted octanol–water partition coefficient (Wildman–Crippen LogP) is 3.33. The topological polar surface area (TPSA) is 441 Å². The summed E-state index contributed by atoms with van der Waals surface area (Å²) in [5.74, 6) is 2.62. The molecule has 0 spiro atoms. The molecule has 9 aromatic heterocycles. The number of amides is 3. The highest BCUT2D eigenvalue weighted by Gasteiger charge is 2.54. The van der Waals surface area contributed by atoms with Gasteiger partial charge in [-0.1, -0.05) is 0 Å². The highest BCUT2D eigenvalue weighted by molar-refractivity contribution is 5.95. The zero-order valence-electron chi connectivity index (χ0n) is 58.6. The summed E-state index contributed by atoms with van der Waals surface area (Å²) in [6.45, 7) is 18.1. The monoisotopic (exact) mass is 1450 g/mol. The van der Waals surface area contributed by atoms with Crippen LogP contribution in [0.25, 0.3) is 66.9 Å². The zero-order chi connectivity index (χ0) is 71.0. The van der Waals surface area contributed by atoms with Crippen LogP contribution < -0.4 is 48.3 Å². The van der Waals surface area contributed by atoms with Gasteiger partial charge in [0.25, 0.3) is 0 Å². The summed E-state index contributed by atoms with van der Waals surface area (Å²) in [6.07, 6.45) is 22.9. The third-order valence-electron chi connectivity index (χ3n) is 20.0. The molecule has 36 nitrogen and oxygen atoms in total. The van der Waals surface area contributed by atoms with Crippen molar-refractivity contribution in [3.63, 3.8) is 0 Å². The van der Waals surface area contributed by atoms with Gasteiger partial charge in [0.15, 0.2) is 16.9 Å². The standard InChI is InChI=1S/C27H36N10O4.C22H28N10O2.C18H23N9O.ClH/c1-26(2,3)41-25(39)34-27(6-7-27)22(38)35-8-4-18(5-9-35)37-21-19(16-31-37)20(17-14-29-23(28)30-15-17)32-24(33-21)36-10-12-40-13-11-36;23-20-25-11-14(12-26-20)17-16-13-27-32(18(16)29-21(28-17)31-7-9-34-10-8-31)15-1-5-30(6-2-15)19(33)22(24)3-4-22;19-17-21-9-12(10-22-17)15-14-11-23-27(13-1-3-20-4-2-13)16(14)25-18(24-15)26-5-7-28-8-6-26;/h14-16,18H,4-13H2,1-3H3,(H,34,39)(H2,28,29,30);11-13,15H,1-10,24H2,(H2,23,25,26);9-11,13,20H,1-8H2,(H2,19,21,22);1H. The van der Waals surface area contributed by atoms with Gasteiger partial charge >= 0.3 is 6.09 Å². The van der Waals surface area contributed by atoms with E-state index in [1.165, 1.54) is 0 Å². The average molecular weight is 1450 g/mol. The van der Waals surface area contributed by atoms with E-state index in [2.05, 4.69) is 65.0 Å². The molecule has 15 heterocycles. The Hall–Kier alpha value is -10.0. The fourth-order valence-electron chi connectivity index (χ4n) is 14.0. The van der Waals surface area contributed by atoms with Crippen molar-refractivity contribution in [3.8, 4) is 33.8 Å². The highest BCUT2D eigenvalue weighted by Crippen LogP contribution is 2.41. The number of piperidine rings is 3. The summed E-state index contributed by atoms with van der Waals surface area (Å²) < 4.78 is 27.9. The number of nitrogens with zero attached hydrogens (tertiary/aromatic N) is 23. The van der Waals surface area contributed by atoms with E-state index in [0.29, 0.717) is 134 Å². The Bertz CT molecular complexity index is 4510. The van der Waals surface area contributed by atoms with E-state index >= 15 is 0 Å². The number of nitrogen functional groups attached to an aromatic ring is 3. The van der Waals surface area contributed by atoms with Gasteiger partial charge in [-0.25, -0.2) is 63.7 Å². The summed E-state index contributed by atoms with van der Waals surface area (Å²) in [5, 5.41) is 22.9. The molecule has 0 radical (unpaired) electrons. The maximum Gasteiger partial charge on any atom is 0.408 e. The predicted molar refractivity (Wildman–Crippen MR) is 387 cm³/mol. The highest BCUT2D eigenvalue weighted by atomic mass is 35.5. The van der Waals surface area contributed by atoms with E-state index in [0.717, 1.165) is 139 Å². The van der Waals surface area contributed by atoms with Gasteiger partial charge in [-0.2, -0.15) is 30.2 Å². The van der Waals surface area contributed by atoms with Crippen LogP contribution >= 0.6 is 12.4 Å². The number of carbonyl (C=O) groups is 3. The molecule has 8 fully saturated rings. The minimum absolute atomic E-state index is 0. The Morgan fingerprint density at radius 1 is 0.471 bits per heavy atom. The number of fused-ring (bicyclic) bond motifs is 3. The largest absolute Gasteiger partial charge is 0.444 e. The number of aromatic nitrogens is 18. The molecule has 0 aromatic carbocycles. The lowest BCUT2D eigenvalue weighted by Crippen LogP contribution is -2.53. The van der Waals surface area contributed by atoms with Crippen molar-refractivity contribution in [3.05, 3.63) is 55.8 Å². The molecule has 0 atom stereocenters. The van der Waals surface area contributed by atoms with E-state index in [9.17, 15) is 14.4 Å². The molecule has 2 aliphatic carbocycles. The first kappa shape index (κ1) is 71.0. The summed E-state index contributed by atoms with van der Waals surface area (Å²) in [5.41, 5.74) is 28.0. The second-order valence-corrected chi connectivity index (χ2v) is 28.3. The molecule has 10 N–H and O–H groups in total. The quantitative estimate of drug-likeness (QED) is 0.102. The zero-order valence-corrected chi connectivity index (χ0v) is 59.4. The molecule has 550 valence electrons. The van der Waals surface area contributed by atoms with Crippen LogP contribution in [0.15, 0.2) is 55.8 Å². The number of ether oxygens (including phenoxy) is 4. The first-order chi connectivity index (χ1) is 49.9. The number of anilines is 6. The minimum Gasteiger partial charge on any atom is -0.444 e. The molecule has 2 saturated carbocycles. The van der Waals surface area contributed by atoms with E-state index < -0.39 is 22.8 Å². The molecule has 0 bridgehead atoms. The molecular formula is C67H88ClN29O7. The lowest BCUT2D eigenvalue weighted by atomic mass is 10.0. The Balaban J connectivity index is 0.000000133. The van der Waals surface area contributed by atoms with Crippen molar-refractivity contribution in [1.29, 1.82) is 0 Å². The van der Waals surface area contributed by atoms with Crippen LogP contribution in [0, 0.1) is 0 Å². The van der Waals surface area contributed by atoms with Crippen molar-refractivity contribution in [2.24, 2.45) is 5.73 Å². The summed E-state index contributed by atoms with van der Waals surface area (Å²) >= 11 is 0. The van der Waals surface area contributed by atoms with Crippen molar-refractivity contribution in [2.45, 2.75) is 120 Å². The van der Waals surface area contributed by atoms with Gasteiger partial charge in [-0.05, 0) is 98.1 Å². The fraction of sp³-hybridized carbons (Fsp3) is 0.552. The molecule has 37 heteroatoms. The molecule has 6 aliphatic heterocycles. The number of nitrogens with one attached hydrogen (secondary N) is 2. The SMILES string of the molecule is CC(C)(C)OC(=O)NC1(C(=O)N2CCC(n3ncc4c(-c5cnc(N)nc5)nc(N5CCOCC5)nc43)CC2)CC1.Cl.Nc1ncc(-c2nc(N3CCOCC3)nc3c2cnn3C2CCN(C(=O)C3(N)CC3)CC2)cn1.Nc1ncc(-c2nc(N3CCOCC3)nc3c2cnn3C2CCNCC2)cn1. The smallest absolute Gasteiger partial charge is 0.408 e. The van der Waals surface area contributed by atoms with Crippen molar-refractivity contribution in [2.75, 3.05) is 150 Å². The van der Waals surface area contributed by atoms with Crippen LogP contribution in [0.1, 0.15) is 103 Å². The number of rotatable bonds is 12. The molecule has 6 saturated heterocycles. The average Bonchev–Trinajstić information content (AvgIpc) is 1.48. The van der Waals surface area contributed by atoms with Crippen LogP contribution in [0.3, 0.4) is 0 Å². The molecule has 17 rings (SSSR count). The van der Waals surface area contributed by atoms with Crippen LogP contribution in [0.5, 0.6) is 0 Å². The normalized spacial score (nSPS) is 19.4. The van der Waals surface area contributed by atoms with Gasteiger partial charge in [-0.3, -0.25) is 9.59 Å². The van der Waals surface area contributed by atoms with Crippen molar-refractivity contribution >= 4 is 99.1 Å². The second kappa shape index (κ2) is 30.0. The minimum atomic E-state index is -0.857. The number of alkyl carbamates (subject to hydrolysis) is 1. The maximum absolute atomic E-state index is 13.4. The number of likely N-dealkylation sites (tertiary alicyclic amines) is 2. The number of halogens is 1. The van der Waals surface area contributed by atoms with Crippen LogP contribution in [-0.4, -0.2) is 252 Å². The lowest BCUT2D eigenvalue weighted by molar-refractivity contribution is -0.136. The third kappa shape index (κ3) is 15.3. The van der Waals surface area contributed by atoms with Gasteiger partial charge in [0.2, 0.25) is 47.5 Å².